The van der Waals surface area contributed by atoms with Crippen LogP contribution in [0.15, 0.2) is 18.2 Å². The van der Waals surface area contributed by atoms with Crippen LogP contribution in [0.3, 0.4) is 0 Å². The van der Waals surface area contributed by atoms with E-state index in [1.54, 1.807) is 11.0 Å². The van der Waals surface area contributed by atoms with Gasteiger partial charge in [0.15, 0.2) is 11.6 Å². The monoisotopic (exact) mass is 295 g/mol. The van der Waals surface area contributed by atoms with Crippen molar-refractivity contribution in [2.24, 2.45) is 5.92 Å². The van der Waals surface area contributed by atoms with Crippen LogP contribution < -0.4 is 4.74 Å². The summed E-state index contributed by atoms with van der Waals surface area (Å²) in [5.74, 6) is -0.149. The van der Waals surface area contributed by atoms with Crippen molar-refractivity contribution in [3.63, 3.8) is 0 Å². The molecular formula is C16H22FNO3. The fourth-order valence-electron chi connectivity index (χ4n) is 2.77. The molecule has 0 saturated carbocycles. The Balaban J connectivity index is 2.04. The second kappa shape index (κ2) is 6.89. The molecule has 1 N–H and O–H groups in total. The molecule has 1 aliphatic heterocycles. The number of hydrogen-bond donors (Lipinski definition) is 1. The number of halogens is 1. The molecule has 0 aromatic heterocycles. The van der Waals surface area contributed by atoms with Gasteiger partial charge in [-0.25, -0.2) is 4.39 Å². The number of hydrogen-bond acceptors (Lipinski definition) is 3. The topological polar surface area (TPSA) is 49.8 Å². The molecule has 2 atom stereocenters. The van der Waals surface area contributed by atoms with Crippen molar-refractivity contribution < 1.29 is 19.0 Å². The first kappa shape index (κ1) is 15.8. The molecule has 1 aromatic rings. The molecule has 0 spiro atoms. The Hall–Kier alpha value is -1.62. The van der Waals surface area contributed by atoms with Gasteiger partial charge in [0, 0.05) is 19.2 Å². The molecule has 21 heavy (non-hydrogen) atoms. The van der Waals surface area contributed by atoms with E-state index >= 15 is 0 Å². The maximum Gasteiger partial charge on any atom is 0.227 e. The molecule has 4 nitrogen and oxygen atoms in total. The highest BCUT2D eigenvalue weighted by Crippen LogP contribution is 2.23. The highest BCUT2D eigenvalue weighted by atomic mass is 19.1. The second-order valence-electron chi connectivity index (χ2n) is 5.67. The fraction of sp³-hybridized carbons (Fsp3) is 0.562. The molecule has 2 unspecified atom stereocenters. The molecule has 1 amide bonds. The number of ether oxygens (including phenoxy) is 1. The minimum Gasteiger partial charge on any atom is -0.494 e. The quantitative estimate of drug-likeness (QED) is 0.924. The van der Waals surface area contributed by atoms with Gasteiger partial charge in [-0.2, -0.15) is 0 Å². The number of carbonyl (C=O) groups excluding carboxylic acids is 1. The Kier molecular flexibility index (Phi) is 5.17. The van der Waals surface area contributed by atoms with Crippen LogP contribution in [0.25, 0.3) is 0 Å². The first-order valence-corrected chi connectivity index (χ1v) is 7.28. The van der Waals surface area contributed by atoms with Crippen LogP contribution in [-0.4, -0.2) is 42.2 Å². The van der Waals surface area contributed by atoms with Gasteiger partial charge in [0.05, 0.1) is 13.5 Å². The fourth-order valence-corrected chi connectivity index (χ4v) is 2.77. The van der Waals surface area contributed by atoms with Gasteiger partial charge in [0.1, 0.15) is 0 Å². The number of piperidine rings is 1. The van der Waals surface area contributed by atoms with Crippen LogP contribution >= 0.6 is 0 Å². The SMILES string of the molecule is COc1ccc(CC(=O)N2CC(CO)CCC2C)cc1F. The van der Waals surface area contributed by atoms with Gasteiger partial charge in [-0.1, -0.05) is 6.07 Å². The lowest BCUT2D eigenvalue weighted by atomic mass is 9.93. The number of carbonyl (C=O) groups is 1. The maximum atomic E-state index is 13.7. The lowest BCUT2D eigenvalue weighted by Crippen LogP contribution is -2.46. The zero-order valence-electron chi connectivity index (χ0n) is 12.5. The Bertz CT molecular complexity index is 506. The van der Waals surface area contributed by atoms with E-state index in [-0.39, 0.29) is 36.6 Å². The summed E-state index contributed by atoms with van der Waals surface area (Å²) in [7, 11) is 1.41. The van der Waals surface area contributed by atoms with Crippen LogP contribution in [-0.2, 0) is 11.2 Å². The number of rotatable bonds is 4. The molecular weight excluding hydrogens is 273 g/mol. The highest BCUT2D eigenvalue weighted by molar-refractivity contribution is 5.79. The van der Waals surface area contributed by atoms with Gasteiger partial charge in [-0.3, -0.25) is 4.79 Å². The predicted octanol–water partition coefficient (Wildman–Crippen LogP) is 2.00. The summed E-state index contributed by atoms with van der Waals surface area (Å²) >= 11 is 0. The average molecular weight is 295 g/mol. The van der Waals surface area contributed by atoms with Crippen LogP contribution in [0.1, 0.15) is 25.3 Å². The normalized spacial score (nSPS) is 22.2. The second-order valence-corrected chi connectivity index (χ2v) is 5.67. The molecule has 2 rings (SSSR count). The molecule has 1 heterocycles. The zero-order chi connectivity index (χ0) is 15.4. The summed E-state index contributed by atoms with van der Waals surface area (Å²) in [5, 5.41) is 9.26. The third kappa shape index (κ3) is 3.73. The van der Waals surface area contributed by atoms with Gasteiger partial charge in [0.2, 0.25) is 5.91 Å². The molecule has 0 aliphatic carbocycles. The predicted molar refractivity (Wildman–Crippen MR) is 77.6 cm³/mol. The van der Waals surface area contributed by atoms with Crippen molar-refractivity contribution in [1.82, 2.24) is 4.90 Å². The Morgan fingerprint density at radius 1 is 1.48 bits per heavy atom. The number of amides is 1. The maximum absolute atomic E-state index is 13.7. The van der Waals surface area contributed by atoms with Gasteiger partial charge < -0.3 is 14.7 Å². The van der Waals surface area contributed by atoms with Gasteiger partial charge >= 0.3 is 0 Å². The van der Waals surface area contributed by atoms with Crippen molar-refractivity contribution in [2.75, 3.05) is 20.3 Å². The number of likely N-dealkylation sites (tertiary alicyclic amines) is 1. The third-order valence-corrected chi connectivity index (χ3v) is 4.13. The number of nitrogens with zero attached hydrogens (tertiary/aromatic N) is 1. The highest BCUT2D eigenvalue weighted by Gasteiger charge is 2.28. The molecule has 1 saturated heterocycles. The summed E-state index contributed by atoms with van der Waals surface area (Å²) in [6.45, 7) is 2.70. The van der Waals surface area contributed by atoms with Gasteiger partial charge in [0.25, 0.3) is 0 Å². The number of aliphatic hydroxyl groups excluding tert-OH is 1. The van der Waals surface area contributed by atoms with Crippen molar-refractivity contribution in [3.8, 4) is 5.75 Å². The lowest BCUT2D eigenvalue weighted by Gasteiger charge is -2.37. The summed E-state index contributed by atoms with van der Waals surface area (Å²) < 4.78 is 18.5. The molecule has 0 radical (unpaired) electrons. The van der Waals surface area contributed by atoms with Gasteiger partial charge in [-0.15, -0.1) is 0 Å². The van der Waals surface area contributed by atoms with Gasteiger partial charge in [-0.05, 0) is 43.4 Å². The minimum absolute atomic E-state index is 0.0229. The van der Waals surface area contributed by atoms with Crippen molar-refractivity contribution in [2.45, 2.75) is 32.2 Å². The molecule has 116 valence electrons. The molecule has 5 heteroatoms. The number of benzene rings is 1. The summed E-state index contributed by atoms with van der Waals surface area (Å²) in [6.07, 6.45) is 2.01. The van der Waals surface area contributed by atoms with Crippen LogP contribution in [0.2, 0.25) is 0 Å². The molecule has 1 aromatic carbocycles. The third-order valence-electron chi connectivity index (χ3n) is 4.13. The van der Waals surface area contributed by atoms with E-state index in [1.165, 1.54) is 19.2 Å². The van der Waals surface area contributed by atoms with E-state index in [2.05, 4.69) is 0 Å². The molecule has 1 aliphatic rings. The Morgan fingerprint density at radius 2 is 2.24 bits per heavy atom. The van der Waals surface area contributed by atoms with Crippen LogP contribution in [0.5, 0.6) is 5.75 Å². The standard InChI is InChI=1S/C16H22FNO3/c1-11-3-4-13(10-19)9-18(11)16(20)8-12-5-6-15(21-2)14(17)7-12/h5-7,11,13,19H,3-4,8-10H2,1-2H3. The van der Waals surface area contributed by atoms with E-state index in [9.17, 15) is 14.3 Å². The molecule has 1 fully saturated rings. The first-order valence-electron chi connectivity index (χ1n) is 7.28. The first-order chi connectivity index (χ1) is 10.0. The van der Waals surface area contributed by atoms with Crippen molar-refractivity contribution >= 4 is 5.91 Å². The lowest BCUT2D eigenvalue weighted by molar-refractivity contribution is -0.135. The number of methoxy groups -OCH3 is 1. The van der Waals surface area contributed by atoms with E-state index in [0.717, 1.165) is 12.8 Å². The summed E-state index contributed by atoms with van der Waals surface area (Å²) in [5.41, 5.74) is 0.636. The largest absolute Gasteiger partial charge is 0.494 e. The average Bonchev–Trinajstić information content (AvgIpc) is 2.48. The van der Waals surface area contributed by atoms with Crippen molar-refractivity contribution in [3.05, 3.63) is 29.6 Å². The summed E-state index contributed by atoms with van der Waals surface area (Å²) in [6, 6.07) is 4.75. The van der Waals surface area contributed by atoms with Crippen LogP contribution in [0.4, 0.5) is 4.39 Å². The minimum atomic E-state index is -0.456. The summed E-state index contributed by atoms with van der Waals surface area (Å²) in [4.78, 5) is 14.2. The number of aliphatic hydroxyl groups is 1. The Morgan fingerprint density at radius 3 is 2.86 bits per heavy atom. The zero-order valence-corrected chi connectivity index (χ0v) is 12.5. The van der Waals surface area contributed by atoms with E-state index < -0.39 is 5.82 Å². The van der Waals surface area contributed by atoms with E-state index in [1.807, 2.05) is 6.92 Å². The van der Waals surface area contributed by atoms with Crippen molar-refractivity contribution in [1.29, 1.82) is 0 Å². The smallest absolute Gasteiger partial charge is 0.227 e. The van der Waals surface area contributed by atoms with E-state index in [4.69, 9.17) is 4.74 Å². The van der Waals surface area contributed by atoms with Crippen LogP contribution in [0, 0.1) is 11.7 Å². The molecule has 0 bridgehead atoms. The van der Waals surface area contributed by atoms with E-state index in [0.29, 0.717) is 12.1 Å². The Labute approximate surface area is 124 Å².